The number of rotatable bonds is 5. The average Bonchev–Trinajstić information content (AvgIpc) is 2.30. The van der Waals surface area contributed by atoms with Crippen LogP contribution in [-0.2, 0) is 14.8 Å². The largest absolute Gasteiger partial charge is 1.00 e. The van der Waals surface area contributed by atoms with Crippen molar-refractivity contribution in [3.8, 4) is 5.75 Å². The summed E-state index contributed by atoms with van der Waals surface area (Å²) >= 11 is 5.87. The molecule has 0 aromatic heterocycles. The van der Waals surface area contributed by atoms with Crippen LogP contribution < -0.4 is 28.7 Å². The van der Waals surface area contributed by atoms with E-state index in [1.807, 2.05) is 0 Å². The van der Waals surface area contributed by atoms with E-state index >= 15 is 0 Å². The van der Waals surface area contributed by atoms with E-state index in [0.29, 0.717) is 0 Å². The summed E-state index contributed by atoms with van der Waals surface area (Å²) in [5.41, 5.74) is 0. The van der Waals surface area contributed by atoms with Gasteiger partial charge in [0, 0.05) is 14.1 Å². The number of benzene rings is 1. The van der Waals surface area contributed by atoms with Crippen LogP contribution in [0, 0.1) is 0 Å². The van der Waals surface area contributed by atoms with E-state index in [4.69, 9.17) is 16.3 Å². The number of halogens is 1. The van der Waals surface area contributed by atoms with Crippen LogP contribution in [0.4, 0.5) is 0 Å². The van der Waals surface area contributed by atoms with Crippen molar-refractivity contribution in [1.82, 2.24) is 4.31 Å². The fourth-order valence-corrected chi connectivity index (χ4v) is 2.41. The average molecular weight is 314 g/mol. The molecule has 1 aromatic rings. The first kappa shape index (κ1) is 19.3. The molecule has 1 atom stereocenters. The second-order valence-corrected chi connectivity index (χ2v) is 6.52. The van der Waals surface area contributed by atoms with Crippen LogP contribution >= 0.6 is 11.6 Å². The standard InChI is InChI=1S/C11H14ClNO5S.Li/c1-7(11(14)15)18-10-5-4-8(6-9(10)12)19(16,17)13(2)3;/h4-7H,1-3H3,(H,14,15);/q;+1/p-1. The minimum absolute atomic E-state index is 0. The first-order valence-electron chi connectivity index (χ1n) is 5.26. The maximum Gasteiger partial charge on any atom is 1.00 e. The number of carbonyl (C=O) groups is 1. The van der Waals surface area contributed by atoms with E-state index in [-0.39, 0.29) is 34.5 Å². The van der Waals surface area contributed by atoms with Gasteiger partial charge in [-0.2, -0.15) is 0 Å². The Kier molecular flexibility index (Phi) is 7.08. The minimum atomic E-state index is -3.60. The molecule has 1 unspecified atom stereocenters. The zero-order valence-electron chi connectivity index (χ0n) is 11.6. The molecule has 1 aromatic carbocycles. The van der Waals surface area contributed by atoms with Crippen LogP contribution in [-0.4, -0.2) is 38.9 Å². The number of nitrogens with zero attached hydrogens (tertiary/aromatic N) is 1. The van der Waals surface area contributed by atoms with Crippen molar-refractivity contribution in [3.63, 3.8) is 0 Å². The van der Waals surface area contributed by atoms with E-state index in [9.17, 15) is 18.3 Å². The number of carbonyl (C=O) groups excluding carboxylic acids is 1. The first-order valence-corrected chi connectivity index (χ1v) is 7.07. The zero-order chi connectivity index (χ0) is 14.8. The Morgan fingerprint density at radius 1 is 1.40 bits per heavy atom. The molecule has 0 N–H and O–H groups in total. The Labute approximate surface area is 134 Å². The molecule has 0 amide bonds. The van der Waals surface area contributed by atoms with Crippen LogP contribution in [0.5, 0.6) is 5.75 Å². The van der Waals surface area contributed by atoms with Gasteiger partial charge in [0.15, 0.2) is 0 Å². The minimum Gasteiger partial charge on any atom is -0.546 e. The number of carboxylic acids is 1. The van der Waals surface area contributed by atoms with Gasteiger partial charge in [-0.1, -0.05) is 11.6 Å². The molecule has 0 saturated heterocycles. The summed E-state index contributed by atoms with van der Waals surface area (Å²) in [6.07, 6.45) is -1.19. The topological polar surface area (TPSA) is 86.7 Å². The smallest absolute Gasteiger partial charge is 0.546 e. The molecule has 0 bridgehead atoms. The summed E-state index contributed by atoms with van der Waals surface area (Å²) in [4.78, 5) is 10.5. The summed E-state index contributed by atoms with van der Waals surface area (Å²) in [5, 5.41) is 10.6. The second-order valence-electron chi connectivity index (χ2n) is 3.96. The van der Waals surface area contributed by atoms with Gasteiger partial charge >= 0.3 is 18.9 Å². The van der Waals surface area contributed by atoms with Gasteiger partial charge in [-0.3, -0.25) is 0 Å². The summed E-state index contributed by atoms with van der Waals surface area (Å²) in [6, 6.07) is 3.80. The summed E-state index contributed by atoms with van der Waals surface area (Å²) < 4.78 is 29.8. The van der Waals surface area contributed by atoms with Gasteiger partial charge in [0.2, 0.25) is 10.0 Å². The number of aliphatic carboxylic acids is 1. The molecule has 20 heavy (non-hydrogen) atoms. The third-order valence-corrected chi connectivity index (χ3v) is 4.42. The predicted octanol–water partition coefficient (Wildman–Crippen LogP) is -2.89. The van der Waals surface area contributed by atoms with Crippen LogP contribution in [0.25, 0.3) is 0 Å². The van der Waals surface area contributed by atoms with Crippen LogP contribution in [0.2, 0.25) is 5.02 Å². The van der Waals surface area contributed by atoms with Gasteiger partial charge in [0.1, 0.15) is 11.9 Å². The van der Waals surface area contributed by atoms with Gasteiger partial charge in [-0.25, -0.2) is 12.7 Å². The Hall–Kier alpha value is -0.713. The number of sulfonamides is 1. The van der Waals surface area contributed by atoms with E-state index < -0.39 is 22.1 Å². The predicted molar refractivity (Wildman–Crippen MR) is 67.4 cm³/mol. The van der Waals surface area contributed by atoms with Crippen LogP contribution in [0.3, 0.4) is 0 Å². The van der Waals surface area contributed by atoms with Crippen molar-refractivity contribution in [2.75, 3.05) is 14.1 Å². The molecule has 0 spiro atoms. The van der Waals surface area contributed by atoms with E-state index in [0.717, 1.165) is 4.31 Å². The molecule has 0 radical (unpaired) electrons. The van der Waals surface area contributed by atoms with Crippen molar-refractivity contribution in [1.29, 1.82) is 0 Å². The summed E-state index contributed by atoms with van der Waals surface area (Å²) in [7, 11) is -0.807. The van der Waals surface area contributed by atoms with Crippen molar-refractivity contribution in [2.45, 2.75) is 17.9 Å². The quantitative estimate of drug-likeness (QED) is 0.545. The molecule has 9 heteroatoms. The van der Waals surface area contributed by atoms with Crippen LogP contribution in [0.15, 0.2) is 23.1 Å². The maximum atomic E-state index is 11.8. The molecule has 0 aliphatic heterocycles. The first-order chi connectivity index (χ1) is 8.66. The normalized spacial score (nSPS) is 12.7. The van der Waals surface area contributed by atoms with Crippen molar-refractivity contribution in [2.24, 2.45) is 0 Å². The van der Waals surface area contributed by atoms with E-state index in [2.05, 4.69) is 0 Å². The fourth-order valence-electron chi connectivity index (χ4n) is 1.19. The Morgan fingerprint density at radius 2 is 1.95 bits per heavy atom. The number of hydrogen-bond donors (Lipinski definition) is 0. The third-order valence-electron chi connectivity index (χ3n) is 2.32. The number of ether oxygens (including phenoxy) is 1. The van der Waals surface area contributed by atoms with E-state index in [1.165, 1.54) is 39.2 Å². The Balaban J connectivity index is 0.00000361. The second kappa shape index (κ2) is 7.34. The number of hydrogen-bond acceptors (Lipinski definition) is 5. The molecular weight excluding hydrogens is 301 g/mol. The third kappa shape index (κ3) is 4.40. The molecule has 0 fully saturated rings. The molecular formula is C11H13ClLiNO5S. The van der Waals surface area contributed by atoms with Gasteiger partial charge in [0.05, 0.1) is 15.9 Å². The van der Waals surface area contributed by atoms with Gasteiger partial charge in [-0.05, 0) is 25.1 Å². The zero-order valence-corrected chi connectivity index (χ0v) is 13.2. The summed E-state index contributed by atoms with van der Waals surface area (Å²) in [5.74, 6) is -1.31. The van der Waals surface area contributed by atoms with E-state index in [1.54, 1.807) is 0 Å². The van der Waals surface area contributed by atoms with Crippen molar-refractivity contribution in [3.05, 3.63) is 23.2 Å². The fraction of sp³-hybridized carbons (Fsp3) is 0.364. The van der Waals surface area contributed by atoms with Gasteiger partial charge in [0.25, 0.3) is 0 Å². The van der Waals surface area contributed by atoms with Gasteiger partial charge < -0.3 is 14.6 Å². The monoisotopic (exact) mass is 313 g/mol. The number of carboxylic acid groups (broad SMARTS) is 1. The van der Waals surface area contributed by atoms with Crippen molar-refractivity contribution < 1.29 is 41.9 Å². The molecule has 6 nitrogen and oxygen atoms in total. The molecule has 0 saturated carbocycles. The molecule has 1 rings (SSSR count). The summed E-state index contributed by atoms with van der Waals surface area (Å²) in [6.45, 7) is 1.29. The maximum absolute atomic E-state index is 11.8. The molecule has 106 valence electrons. The van der Waals surface area contributed by atoms with Gasteiger partial charge in [-0.15, -0.1) is 0 Å². The Bertz CT molecular complexity index is 590. The molecule has 0 aliphatic rings. The molecule has 0 aliphatic carbocycles. The van der Waals surface area contributed by atoms with Crippen molar-refractivity contribution >= 4 is 27.6 Å². The SMILES string of the molecule is CC(Oc1ccc(S(=O)(=O)N(C)C)cc1Cl)C(=O)[O-].[Li+]. The van der Waals surface area contributed by atoms with Crippen LogP contribution in [0.1, 0.15) is 6.92 Å². The molecule has 0 heterocycles. The Morgan fingerprint density at radius 3 is 2.35 bits per heavy atom.